The SMILES string of the molecule is NC(=S)CN(C(=O)C(C(F)(F)F)C(F)(F)F)C1CCCC1. The average Bonchev–Trinajstić information content (AvgIpc) is 2.73. The molecule has 0 radical (unpaired) electrons. The number of carbonyl (C=O) groups is 1. The average molecular weight is 336 g/mol. The summed E-state index contributed by atoms with van der Waals surface area (Å²) >= 11 is 4.52. The highest BCUT2D eigenvalue weighted by atomic mass is 32.1. The highest BCUT2D eigenvalue weighted by molar-refractivity contribution is 7.80. The highest BCUT2D eigenvalue weighted by Crippen LogP contribution is 2.41. The van der Waals surface area contributed by atoms with Gasteiger partial charge in [0.1, 0.15) is 0 Å². The number of rotatable bonds is 4. The van der Waals surface area contributed by atoms with Crippen molar-refractivity contribution in [2.75, 3.05) is 6.54 Å². The molecule has 1 amide bonds. The lowest BCUT2D eigenvalue weighted by Crippen LogP contribution is -2.53. The van der Waals surface area contributed by atoms with E-state index >= 15 is 0 Å². The van der Waals surface area contributed by atoms with Crippen LogP contribution in [0.5, 0.6) is 0 Å². The monoisotopic (exact) mass is 336 g/mol. The fourth-order valence-electron chi connectivity index (χ4n) is 2.40. The van der Waals surface area contributed by atoms with Crippen LogP contribution >= 0.6 is 12.2 Å². The Morgan fingerprint density at radius 3 is 1.90 bits per heavy atom. The number of halogens is 6. The molecule has 0 bridgehead atoms. The summed E-state index contributed by atoms with van der Waals surface area (Å²) in [7, 11) is 0. The first-order valence-electron chi connectivity index (χ1n) is 6.16. The zero-order valence-corrected chi connectivity index (χ0v) is 11.6. The van der Waals surface area contributed by atoms with Crippen molar-refractivity contribution in [3.63, 3.8) is 0 Å². The Hall–Kier alpha value is -1.06. The largest absolute Gasteiger partial charge is 0.409 e. The van der Waals surface area contributed by atoms with Crippen LogP contribution in [0, 0.1) is 5.92 Å². The zero-order chi connectivity index (χ0) is 16.4. The molecule has 1 aliphatic rings. The first kappa shape index (κ1) is 18.0. The topological polar surface area (TPSA) is 46.3 Å². The van der Waals surface area contributed by atoms with Crippen LogP contribution in [0.3, 0.4) is 0 Å². The molecule has 21 heavy (non-hydrogen) atoms. The molecule has 1 saturated carbocycles. The Kier molecular flexibility index (Phi) is 5.46. The van der Waals surface area contributed by atoms with E-state index in [1.165, 1.54) is 0 Å². The maximum absolute atomic E-state index is 12.6. The maximum atomic E-state index is 12.6. The van der Waals surface area contributed by atoms with Gasteiger partial charge >= 0.3 is 12.4 Å². The van der Waals surface area contributed by atoms with Crippen molar-refractivity contribution < 1.29 is 31.1 Å². The molecular formula is C11H14F6N2OS. The summed E-state index contributed by atoms with van der Waals surface area (Å²) < 4.78 is 75.7. The normalized spacial score (nSPS) is 17.3. The van der Waals surface area contributed by atoms with Gasteiger partial charge < -0.3 is 10.6 Å². The van der Waals surface area contributed by atoms with Crippen LogP contribution in [0.2, 0.25) is 0 Å². The van der Waals surface area contributed by atoms with E-state index in [4.69, 9.17) is 5.73 Å². The van der Waals surface area contributed by atoms with Crippen molar-refractivity contribution in [2.45, 2.75) is 44.1 Å². The van der Waals surface area contributed by atoms with E-state index < -0.39 is 36.8 Å². The Morgan fingerprint density at radius 2 is 1.57 bits per heavy atom. The first-order valence-corrected chi connectivity index (χ1v) is 6.57. The first-order chi connectivity index (χ1) is 9.44. The van der Waals surface area contributed by atoms with Crippen molar-refractivity contribution in [3.8, 4) is 0 Å². The zero-order valence-electron chi connectivity index (χ0n) is 10.8. The summed E-state index contributed by atoms with van der Waals surface area (Å²) in [5.41, 5.74) is 5.19. The molecule has 1 fully saturated rings. The van der Waals surface area contributed by atoms with Crippen LogP contribution in [0.15, 0.2) is 0 Å². The lowest BCUT2D eigenvalue weighted by Gasteiger charge is -2.33. The molecule has 2 N–H and O–H groups in total. The van der Waals surface area contributed by atoms with Crippen molar-refractivity contribution in [1.82, 2.24) is 4.90 Å². The number of nitrogens with two attached hydrogens (primary N) is 1. The molecule has 0 aromatic rings. The molecule has 122 valence electrons. The molecule has 0 atom stereocenters. The van der Waals surface area contributed by atoms with E-state index in [2.05, 4.69) is 12.2 Å². The third-order valence-corrected chi connectivity index (χ3v) is 3.41. The molecule has 0 aromatic carbocycles. The third-order valence-electron chi connectivity index (χ3n) is 3.28. The van der Waals surface area contributed by atoms with E-state index in [1.807, 2.05) is 0 Å². The standard InChI is InChI=1S/C11H14F6N2OS/c12-10(13,14)8(11(15,16)17)9(20)19(5-7(18)21)6-3-1-2-4-6/h6,8H,1-5H2,(H2,18,21). The van der Waals surface area contributed by atoms with E-state index in [9.17, 15) is 31.1 Å². The van der Waals surface area contributed by atoms with E-state index in [0.29, 0.717) is 30.6 Å². The summed E-state index contributed by atoms with van der Waals surface area (Å²) in [6, 6.07) is -0.689. The fraction of sp³-hybridized carbons (Fsp3) is 0.818. The summed E-state index contributed by atoms with van der Waals surface area (Å²) in [6.07, 6.45) is -9.46. The van der Waals surface area contributed by atoms with Gasteiger partial charge in [-0.05, 0) is 12.8 Å². The van der Waals surface area contributed by atoms with Crippen LogP contribution in [0.4, 0.5) is 26.3 Å². The van der Waals surface area contributed by atoms with Crippen molar-refractivity contribution in [2.24, 2.45) is 11.7 Å². The van der Waals surface area contributed by atoms with Crippen LogP contribution < -0.4 is 5.73 Å². The van der Waals surface area contributed by atoms with E-state index in [0.717, 1.165) is 0 Å². The number of alkyl halides is 6. The predicted molar refractivity (Wildman–Crippen MR) is 66.4 cm³/mol. The van der Waals surface area contributed by atoms with Crippen LogP contribution in [-0.2, 0) is 4.79 Å². The second kappa shape index (κ2) is 6.37. The van der Waals surface area contributed by atoms with Crippen LogP contribution in [-0.4, -0.2) is 40.7 Å². The second-order valence-corrected chi connectivity index (χ2v) is 5.41. The van der Waals surface area contributed by atoms with E-state index in [-0.39, 0.29) is 4.99 Å². The van der Waals surface area contributed by atoms with Crippen molar-refractivity contribution >= 4 is 23.1 Å². The Balaban J connectivity index is 3.08. The summed E-state index contributed by atoms with van der Waals surface area (Å²) in [6.45, 7) is -0.582. The lowest BCUT2D eigenvalue weighted by molar-refractivity contribution is -0.278. The van der Waals surface area contributed by atoms with Gasteiger partial charge in [0.15, 0.2) is 0 Å². The minimum Gasteiger partial charge on any atom is -0.392 e. The molecule has 3 nitrogen and oxygen atoms in total. The van der Waals surface area contributed by atoms with Crippen molar-refractivity contribution in [1.29, 1.82) is 0 Å². The minimum atomic E-state index is -5.71. The van der Waals surface area contributed by atoms with Gasteiger partial charge in [-0.25, -0.2) is 0 Å². The Morgan fingerprint density at radius 1 is 1.14 bits per heavy atom. The van der Waals surface area contributed by atoms with Gasteiger partial charge in [-0.15, -0.1) is 0 Å². The maximum Gasteiger partial charge on any atom is 0.409 e. The lowest BCUT2D eigenvalue weighted by atomic mass is 10.0. The summed E-state index contributed by atoms with van der Waals surface area (Å²) in [4.78, 5) is 12.0. The van der Waals surface area contributed by atoms with Crippen LogP contribution in [0.25, 0.3) is 0 Å². The molecule has 1 aliphatic carbocycles. The predicted octanol–water partition coefficient (Wildman–Crippen LogP) is 2.78. The quantitative estimate of drug-likeness (QED) is 0.634. The smallest absolute Gasteiger partial charge is 0.392 e. The van der Waals surface area contributed by atoms with Gasteiger partial charge in [0.05, 0.1) is 11.5 Å². The second-order valence-electron chi connectivity index (χ2n) is 4.89. The van der Waals surface area contributed by atoms with Gasteiger partial charge in [0, 0.05) is 6.04 Å². The van der Waals surface area contributed by atoms with Gasteiger partial charge in [-0.3, -0.25) is 4.79 Å². The van der Waals surface area contributed by atoms with Crippen LogP contribution in [0.1, 0.15) is 25.7 Å². The molecule has 0 saturated heterocycles. The Labute approximate surface area is 122 Å². The fourth-order valence-corrected chi connectivity index (χ4v) is 2.54. The highest BCUT2D eigenvalue weighted by Gasteiger charge is 2.62. The molecule has 1 rings (SSSR count). The molecule has 0 heterocycles. The van der Waals surface area contributed by atoms with Gasteiger partial charge in [-0.2, -0.15) is 26.3 Å². The number of hydrogen-bond donors (Lipinski definition) is 1. The van der Waals surface area contributed by atoms with Gasteiger partial charge in [0.2, 0.25) is 11.8 Å². The molecule has 0 aliphatic heterocycles. The number of nitrogens with zero attached hydrogens (tertiary/aromatic N) is 1. The van der Waals surface area contributed by atoms with Crippen molar-refractivity contribution in [3.05, 3.63) is 0 Å². The van der Waals surface area contributed by atoms with Gasteiger partial charge in [-0.1, -0.05) is 25.1 Å². The number of thiocarbonyl (C=S) groups is 1. The number of amides is 1. The molecule has 0 aromatic heterocycles. The number of carbonyl (C=O) groups excluding carboxylic acids is 1. The van der Waals surface area contributed by atoms with E-state index in [1.54, 1.807) is 0 Å². The summed E-state index contributed by atoms with van der Waals surface area (Å²) in [5, 5.41) is 0. The third kappa shape index (κ3) is 4.72. The number of hydrogen-bond acceptors (Lipinski definition) is 2. The summed E-state index contributed by atoms with van der Waals surface area (Å²) in [5.74, 6) is -6.07. The van der Waals surface area contributed by atoms with Gasteiger partial charge in [0.25, 0.3) is 0 Å². The molecular weight excluding hydrogens is 322 g/mol. The molecule has 0 spiro atoms. The Bertz CT molecular complexity index is 388. The molecule has 0 unspecified atom stereocenters. The minimum absolute atomic E-state index is 0.321. The molecule has 10 heteroatoms.